The molecule has 152 valence electrons. The van der Waals surface area contributed by atoms with Crippen LogP contribution in [-0.4, -0.2) is 48.9 Å². The molecular weight excluding hydrogens is 358 g/mol. The van der Waals surface area contributed by atoms with Gasteiger partial charge in [-0.2, -0.15) is 0 Å². The maximum Gasteiger partial charge on any atom is 0.311 e. The molecule has 1 aromatic rings. The highest BCUT2D eigenvalue weighted by atomic mass is 16.5. The van der Waals surface area contributed by atoms with Gasteiger partial charge in [0.05, 0.1) is 13.0 Å². The first-order valence-corrected chi connectivity index (χ1v) is 10.0. The Labute approximate surface area is 166 Å². The van der Waals surface area contributed by atoms with Gasteiger partial charge >= 0.3 is 5.97 Å². The number of ether oxygens (including phenoxy) is 2. The van der Waals surface area contributed by atoms with E-state index in [2.05, 4.69) is 13.8 Å². The van der Waals surface area contributed by atoms with Gasteiger partial charge in [-0.05, 0) is 42.5 Å². The first kappa shape index (κ1) is 20.4. The van der Waals surface area contributed by atoms with Crippen molar-refractivity contribution in [2.45, 2.75) is 45.6 Å². The van der Waals surface area contributed by atoms with Crippen molar-refractivity contribution in [3.8, 4) is 5.75 Å². The summed E-state index contributed by atoms with van der Waals surface area (Å²) in [7, 11) is 1.56. The minimum absolute atomic E-state index is 0.0226. The van der Waals surface area contributed by atoms with Crippen molar-refractivity contribution in [3.63, 3.8) is 0 Å². The molecule has 4 atom stereocenters. The largest absolute Gasteiger partial charge is 0.497 e. The zero-order chi connectivity index (χ0) is 20.3. The van der Waals surface area contributed by atoms with Crippen LogP contribution in [0, 0.1) is 17.8 Å². The highest BCUT2D eigenvalue weighted by Gasteiger charge is 2.42. The van der Waals surface area contributed by atoms with Crippen LogP contribution in [0.15, 0.2) is 24.3 Å². The molecule has 0 unspecified atom stereocenters. The molecule has 1 saturated heterocycles. The van der Waals surface area contributed by atoms with Crippen molar-refractivity contribution >= 4 is 17.7 Å². The number of esters is 1. The number of benzene rings is 1. The van der Waals surface area contributed by atoms with Gasteiger partial charge in [-0.3, -0.25) is 14.4 Å². The molecule has 3 rings (SSSR count). The van der Waals surface area contributed by atoms with Crippen molar-refractivity contribution in [2.75, 3.05) is 20.3 Å². The third kappa shape index (κ3) is 4.37. The maximum atomic E-state index is 12.5. The highest BCUT2D eigenvalue weighted by molar-refractivity contribution is 5.98. The van der Waals surface area contributed by atoms with E-state index in [1.807, 2.05) is 4.90 Å². The Kier molecular flexibility index (Phi) is 6.37. The van der Waals surface area contributed by atoms with Gasteiger partial charge in [-0.15, -0.1) is 0 Å². The second-order valence-electron chi connectivity index (χ2n) is 8.04. The molecule has 1 saturated carbocycles. The summed E-state index contributed by atoms with van der Waals surface area (Å²) in [5.41, 5.74) is 0.461. The van der Waals surface area contributed by atoms with E-state index in [9.17, 15) is 14.4 Å². The first-order valence-electron chi connectivity index (χ1n) is 10.0. The van der Waals surface area contributed by atoms with E-state index in [0.29, 0.717) is 29.7 Å². The van der Waals surface area contributed by atoms with Gasteiger partial charge in [0.1, 0.15) is 5.75 Å². The molecule has 0 N–H and O–H groups in total. The number of methoxy groups -OCH3 is 1. The van der Waals surface area contributed by atoms with Gasteiger partial charge in [0.15, 0.2) is 12.4 Å². The number of ketones is 1. The number of rotatable bonds is 6. The van der Waals surface area contributed by atoms with E-state index in [1.165, 1.54) is 6.42 Å². The average Bonchev–Trinajstić information content (AvgIpc) is 3.09. The van der Waals surface area contributed by atoms with Crippen molar-refractivity contribution in [1.82, 2.24) is 4.90 Å². The van der Waals surface area contributed by atoms with Crippen molar-refractivity contribution in [3.05, 3.63) is 29.8 Å². The average molecular weight is 387 g/mol. The SMILES string of the molecule is COc1ccc(C(=O)COC(=O)[C@@H]2CC(=O)N([C@H]3CCC[C@H](C)[C@H]3C)C2)cc1. The predicted molar refractivity (Wildman–Crippen MR) is 104 cm³/mol. The summed E-state index contributed by atoms with van der Waals surface area (Å²) in [6.45, 7) is 4.51. The predicted octanol–water partition coefficient (Wildman–Crippen LogP) is 3.09. The third-order valence-corrected chi connectivity index (χ3v) is 6.31. The Morgan fingerprint density at radius 3 is 2.54 bits per heavy atom. The lowest BCUT2D eigenvalue weighted by Gasteiger charge is -2.39. The highest BCUT2D eigenvalue weighted by Crippen LogP contribution is 2.35. The summed E-state index contributed by atoms with van der Waals surface area (Å²) in [5.74, 6) is 0.476. The van der Waals surface area contributed by atoms with Crippen LogP contribution in [-0.2, 0) is 14.3 Å². The molecular formula is C22H29NO5. The Morgan fingerprint density at radius 1 is 1.14 bits per heavy atom. The summed E-state index contributed by atoms with van der Waals surface area (Å²) < 4.78 is 10.3. The van der Waals surface area contributed by atoms with Gasteiger partial charge in [0.25, 0.3) is 0 Å². The standard InChI is InChI=1S/C22H29NO5/c1-14-5-4-6-19(15(14)2)23-12-17(11-21(23)25)22(26)28-13-20(24)16-7-9-18(27-3)10-8-16/h7-10,14-15,17,19H,4-6,11-13H2,1-3H3/t14-,15+,17+,19-/m0/s1. The van der Waals surface area contributed by atoms with Crippen LogP contribution >= 0.6 is 0 Å². The first-order chi connectivity index (χ1) is 13.4. The lowest BCUT2D eigenvalue weighted by atomic mass is 9.77. The number of nitrogens with zero attached hydrogens (tertiary/aromatic N) is 1. The van der Waals surface area contributed by atoms with E-state index < -0.39 is 11.9 Å². The molecule has 0 spiro atoms. The van der Waals surface area contributed by atoms with E-state index in [1.54, 1.807) is 31.4 Å². The second-order valence-corrected chi connectivity index (χ2v) is 8.04. The van der Waals surface area contributed by atoms with Crippen LogP contribution in [0.4, 0.5) is 0 Å². The normalized spacial score (nSPS) is 27.5. The van der Waals surface area contributed by atoms with Gasteiger partial charge < -0.3 is 14.4 Å². The molecule has 0 radical (unpaired) electrons. The molecule has 2 fully saturated rings. The van der Waals surface area contributed by atoms with Gasteiger partial charge in [-0.1, -0.05) is 26.7 Å². The number of likely N-dealkylation sites (tertiary alicyclic amines) is 1. The fraction of sp³-hybridized carbons (Fsp3) is 0.591. The van der Waals surface area contributed by atoms with Crippen molar-refractivity contribution < 1.29 is 23.9 Å². The summed E-state index contributed by atoms with van der Waals surface area (Å²) in [5, 5.41) is 0. The Hall–Kier alpha value is -2.37. The number of amides is 1. The van der Waals surface area contributed by atoms with Crippen LogP contribution in [0.25, 0.3) is 0 Å². The molecule has 1 aliphatic heterocycles. The number of Topliss-reactive ketones (excluding diaryl/α,β-unsaturated/α-hetero) is 1. The molecule has 1 aromatic carbocycles. The number of carbonyl (C=O) groups excluding carboxylic acids is 3. The lowest BCUT2D eigenvalue weighted by molar-refractivity contribution is -0.147. The Morgan fingerprint density at radius 2 is 1.86 bits per heavy atom. The van der Waals surface area contributed by atoms with Crippen LogP contribution in [0.5, 0.6) is 5.75 Å². The second kappa shape index (κ2) is 8.76. The van der Waals surface area contributed by atoms with Crippen LogP contribution < -0.4 is 4.74 Å². The molecule has 1 aliphatic carbocycles. The van der Waals surface area contributed by atoms with E-state index in [0.717, 1.165) is 12.8 Å². The van der Waals surface area contributed by atoms with E-state index in [4.69, 9.17) is 9.47 Å². The minimum Gasteiger partial charge on any atom is -0.497 e. The molecule has 2 aliphatic rings. The maximum absolute atomic E-state index is 12.5. The van der Waals surface area contributed by atoms with Gasteiger partial charge in [0.2, 0.25) is 5.91 Å². The molecule has 6 heteroatoms. The number of carbonyl (C=O) groups is 3. The van der Waals surface area contributed by atoms with Crippen LogP contribution in [0.3, 0.4) is 0 Å². The number of hydrogen-bond donors (Lipinski definition) is 0. The third-order valence-electron chi connectivity index (χ3n) is 6.31. The fourth-order valence-electron chi connectivity index (χ4n) is 4.32. The molecule has 1 amide bonds. The zero-order valence-electron chi connectivity index (χ0n) is 16.8. The molecule has 0 aromatic heterocycles. The van der Waals surface area contributed by atoms with Crippen molar-refractivity contribution in [1.29, 1.82) is 0 Å². The summed E-state index contributed by atoms with van der Waals surface area (Å²) >= 11 is 0. The molecule has 28 heavy (non-hydrogen) atoms. The van der Waals surface area contributed by atoms with Gasteiger partial charge in [0, 0.05) is 24.6 Å². The number of hydrogen-bond acceptors (Lipinski definition) is 5. The molecule has 6 nitrogen and oxygen atoms in total. The Balaban J connectivity index is 1.53. The van der Waals surface area contributed by atoms with Crippen LogP contribution in [0.2, 0.25) is 0 Å². The summed E-state index contributed by atoms with van der Waals surface area (Å²) in [4.78, 5) is 39.0. The lowest BCUT2D eigenvalue weighted by Crippen LogP contribution is -2.45. The Bertz CT molecular complexity index is 729. The van der Waals surface area contributed by atoms with Gasteiger partial charge in [-0.25, -0.2) is 0 Å². The van der Waals surface area contributed by atoms with Crippen molar-refractivity contribution in [2.24, 2.45) is 17.8 Å². The fourth-order valence-corrected chi connectivity index (χ4v) is 4.32. The topological polar surface area (TPSA) is 72.9 Å². The smallest absolute Gasteiger partial charge is 0.311 e. The van der Waals surface area contributed by atoms with Crippen LogP contribution in [0.1, 0.15) is 49.9 Å². The van der Waals surface area contributed by atoms with E-state index >= 15 is 0 Å². The summed E-state index contributed by atoms with van der Waals surface area (Å²) in [6, 6.07) is 6.86. The molecule has 0 bridgehead atoms. The quantitative estimate of drug-likeness (QED) is 0.554. The minimum atomic E-state index is -0.486. The molecule has 1 heterocycles. The summed E-state index contributed by atoms with van der Waals surface area (Å²) in [6.07, 6.45) is 3.48. The van der Waals surface area contributed by atoms with E-state index in [-0.39, 0.29) is 30.8 Å². The zero-order valence-corrected chi connectivity index (χ0v) is 16.8. The monoisotopic (exact) mass is 387 g/mol.